The maximum absolute atomic E-state index is 10.8. The Kier molecular flexibility index (Phi) is 3.03. The molecular formula is C10H9NO2S2. The number of carbonyl (C=O) groups is 1. The average Bonchev–Trinajstić information content (AvgIpc) is 2.86. The number of carboxylic acid groups (broad SMARTS) is 1. The number of carboxylic acids is 1. The van der Waals surface area contributed by atoms with Gasteiger partial charge >= 0.3 is 5.97 Å². The first-order valence-electron chi connectivity index (χ1n) is 4.33. The number of nitrogens with one attached hydrogen (secondary N) is 1. The molecule has 0 spiro atoms. The van der Waals surface area contributed by atoms with Gasteiger partial charge in [0.1, 0.15) is 4.88 Å². The molecule has 0 atom stereocenters. The summed E-state index contributed by atoms with van der Waals surface area (Å²) >= 11 is 2.87. The zero-order valence-electron chi connectivity index (χ0n) is 7.77. The molecule has 0 aliphatic carbocycles. The monoisotopic (exact) mass is 239 g/mol. The topological polar surface area (TPSA) is 49.3 Å². The van der Waals surface area contributed by atoms with Crippen LogP contribution in [0.25, 0.3) is 0 Å². The van der Waals surface area contributed by atoms with Crippen molar-refractivity contribution >= 4 is 34.3 Å². The van der Waals surface area contributed by atoms with Crippen LogP contribution in [0.15, 0.2) is 28.3 Å². The van der Waals surface area contributed by atoms with Crippen molar-refractivity contribution in [2.75, 3.05) is 5.32 Å². The van der Waals surface area contributed by atoms with E-state index in [2.05, 4.69) is 5.32 Å². The van der Waals surface area contributed by atoms with Gasteiger partial charge in [-0.15, -0.1) is 11.3 Å². The Labute approximate surface area is 95.0 Å². The van der Waals surface area contributed by atoms with Crippen LogP contribution in [0.3, 0.4) is 0 Å². The Balaban J connectivity index is 2.05. The summed E-state index contributed by atoms with van der Waals surface area (Å²) in [6.45, 7) is 0.557. The van der Waals surface area contributed by atoms with Gasteiger partial charge in [-0.3, -0.25) is 0 Å². The van der Waals surface area contributed by atoms with E-state index in [9.17, 15) is 4.79 Å². The molecule has 2 heterocycles. The van der Waals surface area contributed by atoms with E-state index in [0.29, 0.717) is 11.4 Å². The van der Waals surface area contributed by atoms with Gasteiger partial charge in [-0.25, -0.2) is 4.79 Å². The smallest absolute Gasteiger partial charge is 0.346 e. The summed E-state index contributed by atoms with van der Waals surface area (Å²) in [4.78, 5) is 11.2. The third-order valence-corrected chi connectivity index (χ3v) is 3.57. The van der Waals surface area contributed by atoms with Crippen LogP contribution in [0, 0.1) is 0 Å². The van der Waals surface area contributed by atoms with E-state index < -0.39 is 5.97 Å². The molecule has 0 amide bonds. The molecule has 0 aromatic carbocycles. The highest BCUT2D eigenvalue weighted by atomic mass is 32.1. The highest BCUT2D eigenvalue weighted by Crippen LogP contribution is 2.19. The normalized spacial score (nSPS) is 10.1. The molecule has 78 valence electrons. The lowest BCUT2D eigenvalue weighted by atomic mass is 10.2. The van der Waals surface area contributed by atoms with Crippen molar-refractivity contribution in [1.82, 2.24) is 0 Å². The Hall–Kier alpha value is -1.33. The Morgan fingerprint density at radius 2 is 2.27 bits per heavy atom. The van der Waals surface area contributed by atoms with E-state index in [1.807, 2.05) is 22.9 Å². The van der Waals surface area contributed by atoms with Crippen molar-refractivity contribution in [3.63, 3.8) is 0 Å². The first-order chi connectivity index (χ1) is 7.27. The van der Waals surface area contributed by atoms with Crippen LogP contribution in [0.2, 0.25) is 0 Å². The quantitative estimate of drug-likeness (QED) is 0.861. The highest BCUT2D eigenvalue weighted by molar-refractivity contribution is 7.12. The van der Waals surface area contributed by atoms with E-state index in [-0.39, 0.29) is 0 Å². The fraction of sp³-hybridized carbons (Fsp3) is 0.100. The van der Waals surface area contributed by atoms with Crippen molar-refractivity contribution in [3.05, 3.63) is 38.7 Å². The lowest BCUT2D eigenvalue weighted by Gasteiger charge is -2.02. The van der Waals surface area contributed by atoms with Gasteiger partial charge in [-0.2, -0.15) is 11.3 Å². The molecule has 0 saturated heterocycles. The summed E-state index contributed by atoms with van der Waals surface area (Å²) in [6, 6.07) is 3.81. The van der Waals surface area contributed by atoms with Crippen LogP contribution in [-0.4, -0.2) is 11.1 Å². The van der Waals surface area contributed by atoms with Gasteiger partial charge in [0, 0.05) is 17.6 Å². The lowest BCUT2D eigenvalue weighted by molar-refractivity contribution is 0.0701. The van der Waals surface area contributed by atoms with Gasteiger partial charge in [0.25, 0.3) is 0 Å². The zero-order valence-corrected chi connectivity index (χ0v) is 9.40. The second kappa shape index (κ2) is 4.46. The molecule has 5 heteroatoms. The predicted octanol–water partition coefficient (Wildman–Crippen LogP) is 3.12. The van der Waals surface area contributed by atoms with E-state index in [1.165, 1.54) is 11.3 Å². The standard InChI is InChI=1S/C10H9NO2S2/c12-10(13)9-7(1-4-15-9)5-11-8-2-3-14-6-8/h1-4,6,11H,5H2,(H,12,13). The van der Waals surface area contributed by atoms with E-state index >= 15 is 0 Å². The molecule has 0 aliphatic heterocycles. The number of hydrogen-bond acceptors (Lipinski definition) is 4. The van der Waals surface area contributed by atoms with Gasteiger partial charge in [0.15, 0.2) is 0 Å². The largest absolute Gasteiger partial charge is 0.477 e. The third kappa shape index (κ3) is 2.37. The average molecular weight is 239 g/mol. The summed E-state index contributed by atoms with van der Waals surface area (Å²) in [5.41, 5.74) is 1.86. The molecule has 0 unspecified atom stereocenters. The minimum atomic E-state index is -0.855. The highest BCUT2D eigenvalue weighted by Gasteiger charge is 2.10. The molecule has 0 aliphatic rings. The molecule has 2 aromatic rings. The number of anilines is 1. The number of hydrogen-bond donors (Lipinski definition) is 2. The third-order valence-electron chi connectivity index (χ3n) is 1.95. The van der Waals surface area contributed by atoms with Crippen LogP contribution in [-0.2, 0) is 6.54 Å². The summed E-state index contributed by atoms with van der Waals surface area (Å²) in [5, 5.41) is 17.8. The molecule has 0 radical (unpaired) electrons. The molecule has 0 bridgehead atoms. The van der Waals surface area contributed by atoms with E-state index in [1.54, 1.807) is 16.7 Å². The maximum atomic E-state index is 10.8. The van der Waals surface area contributed by atoms with Crippen molar-refractivity contribution in [1.29, 1.82) is 0 Å². The molecule has 0 saturated carbocycles. The predicted molar refractivity (Wildman–Crippen MR) is 62.9 cm³/mol. The van der Waals surface area contributed by atoms with E-state index in [0.717, 1.165) is 11.3 Å². The summed E-state index contributed by atoms with van der Waals surface area (Å²) in [5.74, 6) is -0.855. The number of aromatic carboxylic acids is 1. The minimum absolute atomic E-state index is 0.415. The maximum Gasteiger partial charge on any atom is 0.346 e. The second-order valence-electron chi connectivity index (χ2n) is 2.95. The molecule has 2 N–H and O–H groups in total. The van der Waals surface area contributed by atoms with Gasteiger partial charge < -0.3 is 10.4 Å². The van der Waals surface area contributed by atoms with Gasteiger partial charge in [-0.1, -0.05) is 0 Å². The lowest BCUT2D eigenvalue weighted by Crippen LogP contribution is -2.03. The zero-order chi connectivity index (χ0) is 10.7. The first-order valence-corrected chi connectivity index (χ1v) is 6.15. The van der Waals surface area contributed by atoms with Gasteiger partial charge in [0.05, 0.1) is 0 Å². The van der Waals surface area contributed by atoms with Crippen LogP contribution in [0.5, 0.6) is 0 Å². The molecular weight excluding hydrogens is 230 g/mol. The van der Waals surface area contributed by atoms with Crippen molar-refractivity contribution in [3.8, 4) is 0 Å². The van der Waals surface area contributed by atoms with Crippen molar-refractivity contribution in [2.45, 2.75) is 6.54 Å². The number of thiophene rings is 2. The van der Waals surface area contributed by atoms with Crippen LogP contribution < -0.4 is 5.32 Å². The summed E-state index contributed by atoms with van der Waals surface area (Å²) in [6.07, 6.45) is 0. The minimum Gasteiger partial charge on any atom is -0.477 e. The Bertz CT molecular complexity index is 448. The van der Waals surface area contributed by atoms with Crippen LogP contribution in [0.4, 0.5) is 5.69 Å². The molecule has 15 heavy (non-hydrogen) atoms. The van der Waals surface area contributed by atoms with Crippen molar-refractivity contribution < 1.29 is 9.90 Å². The number of rotatable bonds is 4. The van der Waals surface area contributed by atoms with Crippen LogP contribution >= 0.6 is 22.7 Å². The molecule has 2 rings (SSSR count). The Morgan fingerprint density at radius 3 is 2.93 bits per heavy atom. The molecule has 2 aromatic heterocycles. The SMILES string of the molecule is O=C(O)c1sccc1CNc1ccsc1. The van der Waals surface area contributed by atoms with Gasteiger partial charge in [-0.05, 0) is 28.5 Å². The van der Waals surface area contributed by atoms with Gasteiger partial charge in [0.2, 0.25) is 0 Å². The molecule has 3 nitrogen and oxygen atoms in total. The fourth-order valence-electron chi connectivity index (χ4n) is 1.22. The van der Waals surface area contributed by atoms with Crippen molar-refractivity contribution in [2.24, 2.45) is 0 Å². The first kappa shape index (κ1) is 10.2. The molecule has 0 fully saturated rings. The van der Waals surface area contributed by atoms with Crippen LogP contribution in [0.1, 0.15) is 15.2 Å². The van der Waals surface area contributed by atoms with E-state index in [4.69, 9.17) is 5.11 Å². The summed E-state index contributed by atoms with van der Waals surface area (Å²) < 4.78 is 0. The second-order valence-corrected chi connectivity index (χ2v) is 4.64. The summed E-state index contributed by atoms with van der Waals surface area (Å²) in [7, 11) is 0. The Morgan fingerprint density at radius 1 is 1.40 bits per heavy atom. The fourth-order valence-corrected chi connectivity index (χ4v) is 2.60.